The quantitative estimate of drug-likeness (QED) is 0.647. The number of halogens is 1. The molecule has 150 valence electrons. The number of benzene rings is 1. The first-order valence-corrected chi connectivity index (χ1v) is 10.0. The van der Waals surface area contributed by atoms with E-state index in [0.29, 0.717) is 29.1 Å². The van der Waals surface area contributed by atoms with Crippen molar-refractivity contribution in [3.63, 3.8) is 0 Å². The fourth-order valence-electron chi connectivity index (χ4n) is 4.15. The molecule has 3 atom stereocenters. The topological polar surface area (TPSA) is 71.8 Å². The molecule has 1 fully saturated rings. The second-order valence-electron chi connectivity index (χ2n) is 8.31. The summed E-state index contributed by atoms with van der Waals surface area (Å²) in [6.07, 6.45) is 7.21. The molecule has 0 spiro atoms. The van der Waals surface area contributed by atoms with Crippen LogP contribution in [0.4, 0.5) is 4.39 Å². The predicted octanol–water partition coefficient (Wildman–Crippen LogP) is 5.36. The van der Waals surface area contributed by atoms with Gasteiger partial charge in [0.25, 0.3) is 0 Å². The van der Waals surface area contributed by atoms with E-state index >= 15 is 0 Å². The van der Waals surface area contributed by atoms with E-state index in [1.54, 1.807) is 24.7 Å². The highest BCUT2D eigenvalue weighted by molar-refractivity contribution is 5.89. The van der Waals surface area contributed by atoms with Gasteiger partial charge >= 0.3 is 0 Å². The Bertz CT molecular complexity index is 1050. The number of pyridine rings is 1. The first-order chi connectivity index (χ1) is 13.9. The zero-order valence-electron chi connectivity index (χ0n) is 16.8. The van der Waals surface area contributed by atoms with Gasteiger partial charge in [0.15, 0.2) is 5.82 Å². The van der Waals surface area contributed by atoms with Crippen LogP contribution in [-0.2, 0) is 0 Å². The molecule has 2 aromatic heterocycles. The Morgan fingerprint density at radius 2 is 2.10 bits per heavy atom. The Labute approximate surface area is 169 Å². The van der Waals surface area contributed by atoms with Crippen molar-refractivity contribution in [2.75, 3.05) is 0 Å². The van der Waals surface area contributed by atoms with Crippen molar-refractivity contribution in [3.05, 3.63) is 49.2 Å². The van der Waals surface area contributed by atoms with Gasteiger partial charge in [-0.2, -0.15) is 0 Å². The zero-order chi connectivity index (χ0) is 20.6. The highest BCUT2D eigenvalue weighted by Gasteiger charge is 2.39. The molecule has 0 unspecified atom stereocenters. The van der Waals surface area contributed by atoms with E-state index in [4.69, 9.17) is 0 Å². The van der Waals surface area contributed by atoms with Crippen LogP contribution in [0.5, 0.6) is 5.75 Å². The van der Waals surface area contributed by atoms with Gasteiger partial charge < -0.3 is 5.11 Å². The molecule has 1 aliphatic carbocycles. The highest BCUT2D eigenvalue weighted by Crippen LogP contribution is 2.46. The van der Waals surface area contributed by atoms with Gasteiger partial charge in [0.2, 0.25) is 0 Å². The molecule has 0 aliphatic heterocycles. The lowest BCUT2D eigenvalue weighted by atomic mass is 9.67. The van der Waals surface area contributed by atoms with Crippen molar-refractivity contribution < 1.29 is 9.50 Å². The fraction of sp³-hybridized carbons (Fsp3) is 0.391. The van der Waals surface area contributed by atoms with Crippen LogP contribution in [0.2, 0.25) is 0 Å². The monoisotopic (exact) mass is 392 g/mol. The van der Waals surface area contributed by atoms with Crippen LogP contribution in [0.3, 0.4) is 0 Å². The molecular formula is C23H25FN4O. The number of aromatic nitrogens is 4. The molecule has 1 N–H and O–H groups in total. The van der Waals surface area contributed by atoms with Crippen molar-refractivity contribution in [1.82, 2.24) is 20.2 Å². The van der Waals surface area contributed by atoms with E-state index in [1.165, 1.54) is 0 Å². The van der Waals surface area contributed by atoms with Crippen LogP contribution in [-0.4, -0.2) is 31.4 Å². The van der Waals surface area contributed by atoms with Gasteiger partial charge in [-0.05, 0) is 53.8 Å². The number of alkyl halides is 1. The summed E-state index contributed by atoms with van der Waals surface area (Å²) in [6, 6.07) is 5.34. The van der Waals surface area contributed by atoms with Crippen LogP contribution in [0.15, 0.2) is 43.4 Å². The number of hydrogen-bond donors (Lipinski definition) is 1. The largest absolute Gasteiger partial charge is 0.507 e. The molecule has 4 rings (SSSR count). The highest BCUT2D eigenvalue weighted by atomic mass is 19.1. The molecule has 1 aromatic carbocycles. The maximum atomic E-state index is 14.6. The second kappa shape index (κ2) is 7.50. The van der Waals surface area contributed by atoms with Crippen molar-refractivity contribution in [3.8, 4) is 17.0 Å². The van der Waals surface area contributed by atoms with Crippen LogP contribution in [0.1, 0.15) is 45.4 Å². The number of hydrogen-bond acceptors (Lipinski definition) is 5. The Balaban J connectivity index is 1.61. The molecule has 6 heteroatoms. The number of allylic oxidation sites excluding steroid dienone is 1. The maximum Gasteiger partial charge on any atom is 0.177 e. The van der Waals surface area contributed by atoms with E-state index < -0.39 is 6.17 Å². The van der Waals surface area contributed by atoms with Gasteiger partial charge in [-0.15, -0.1) is 10.2 Å². The molecule has 3 aromatic rings. The van der Waals surface area contributed by atoms with E-state index in [0.717, 1.165) is 30.0 Å². The van der Waals surface area contributed by atoms with Gasteiger partial charge in [-0.1, -0.05) is 26.8 Å². The molecule has 5 nitrogen and oxygen atoms in total. The van der Waals surface area contributed by atoms with Gasteiger partial charge in [-0.25, -0.2) is 9.37 Å². The number of fused-ring (bicyclic) bond motifs is 1. The van der Waals surface area contributed by atoms with Crippen LogP contribution in [0.25, 0.3) is 27.6 Å². The Kier molecular flexibility index (Phi) is 5.03. The Morgan fingerprint density at radius 3 is 2.83 bits per heavy atom. The molecule has 0 saturated heterocycles. The second-order valence-corrected chi connectivity index (χ2v) is 8.31. The summed E-state index contributed by atoms with van der Waals surface area (Å²) >= 11 is 0. The Morgan fingerprint density at radius 1 is 1.28 bits per heavy atom. The van der Waals surface area contributed by atoms with Crippen LogP contribution < -0.4 is 0 Å². The third-order valence-electron chi connectivity index (χ3n) is 6.35. The smallest absolute Gasteiger partial charge is 0.177 e. The maximum absolute atomic E-state index is 14.6. The number of aromatic hydroxyl groups is 1. The molecule has 0 amide bonds. The lowest BCUT2D eigenvalue weighted by Crippen LogP contribution is -2.33. The lowest BCUT2D eigenvalue weighted by Gasteiger charge is -2.40. The minimum Gasteiger partial charge on any atom is -0.507 e. The van der Waals surface area contributed by atoms with Crippen LogP contribution >= 0.6 is 0 Å². The van der Waals surface area contributed by atoms with Crippen molar-refractivity contribution in [2.24, 2.45) is 11.3 Å². The summed E-state index contributed by atoms with van der Waals surface area (Å²) in [4.78, 5) is 8.46. The van der Waals surface area contributed by atoms with E-state index in [-0.39, 0.29) is 17.1 Å². The number of rotatable bonds is 4. The molecule has 0 radical (unpaired) electrons. The number of phenolic OH excluding ortho intramolecular Hbond substituents is 1. The Hall–Kier alpha value is -2.89. The minimum absolute atomic E-state index is 0.0861. The van der Waals surface area contributed by atoms with Crippen molar-refractivity contribution >= 4 is 16.3 Å². The molecule has 2 heterocycles. The van der Waals surface area contributed by atoms with E-state index in [1.807, 2.05) is 12.1 Å². The minimum atomic E-state index is -0.927. The van der Waals surface area contributed by atoms with Crippen molar-refractivity contribution in [1.29, 1.82) is 0 Å². The standard InChI is InChI=1S/C23H25FN4O/c1-4-23(3)7-5-19(24)18(11-23)14(2)22-26-13-20(27-28-22)17-9-15-6-8-25-12-16(15)10-21(17)29/h6,8-10,12-13,18-19,29H,2,4-5,7,11H2,1,3H3/t18-,19-,23+/m1/s1. The van der Waals surface area contributed by atoms with E-state index in [9.17, 15) is 9.50 Å². The zero-order valence-corrected chi connectivity index (χ0v) is 16.8. The van der Waals surface area contributed by atoms with E-state index in [2.05, 4.69) is 40.6 Å². The predicted molar refractivity (Wildman–Crippen MR) is 112 cm³/mol. The molecule has 1 saturated carbocycles. The summed E-state index contributed by atoms with van der Waals surface area (Å²) in [5.41, 5.74) is 1.72. The van der Waals surface area contributed by atoms with Gasteiger partial charge in [0, 0.05) is 29.3 Å². The SMILES string of the molecule is C=C(c1ncc(-c2cc3ccncc3cc2O)nn1)[C@H]1C[C@@](C)(CC)CC[C@H]1F. The molecule has 29 heavy (non-hydrogen) atoms. The van der Waals surface area contributed by atoms with Crippen LogP contribution in [0, 0.1) is 11.3 Å². The third-order valence-corrected chi connectivity index (χ3v) is 6.35. The fourth-order valence-corrected chi connectivity index (χ4v) is 4.15. The number of phenols is 1. The first-order valence-electron chi connectivity index (χ1n) is 10.0. The average Bonchev–Trinajstić information content (AvgIpc) is 2.75. The normalized spacial score (nSPS) is 24.5. The van der Waals surface area contributed by atoms with Gasteiger partial charge in [0.05, 0.1) is 6.20 Å². The average molecular weight is 392 g/mol. The third kappa shape index (κ3) is 3.71. The summed E-state index contributed by atoms with van der Waals surface area (Å²) in [5.74, 6) is 0.164. The van der Waals surface area contributed by atoms with Gasteiger partial charge in [0.1, 0.15) is 17.6 Å². The van der Waals surface area contributed by atoms with Gasteiger partial charge in [-0.3, -0.25) is 4.98 Å². The summed E-state index contributed by atoms with van der Waals surface area (Å²) in [5, 5.41) is 20.6. The molecular weight excluding hydrogens is 367 g/mol. The summed E-state index contributed by atoms with van der Waals surface area (Å²) in [7, 11) is 0. The molecule has 0 bridgehead atoms. The molecule has 1 aliphatic rings. The van der Waals surface area contributed by atoms with Crippen molar-refractivity contribution in [2.45, 2.75) is 45.7 Å². The summed E-state index contributed by atoms with van der Waals surface area (Å²) < 4.78 is 14.6. The summed E-state index contributed by atoms with van der Waals surface area (Å²) in [6.45, 7) is 8.46. The first kappa shape index (κ1) is 19.4. The lowest BCUT2D eigenvalue weighted by molar-refractivity contribution is 0.0980. The number of nitrogens with zero attached hydrogens (tertiary/aromatic N) is 4.